The van der Waals surface area contributed by atoms with Crippen LogP contribution in [0.25, 0.3) is 0 Å². The van der Waals surface area contributed by atoms with Crippen LogP contribution in [0.3, 0.4) is 0 Å². The van der Waals surface area contributed by atoms with E-state index < -0.39 is 15.6 Å². The lowest BCUT2D eigenvalue weighted by Gasteiger charge is -2.44. The standard InChI is InChI=1S/C7H15NO3S/c1-3-7(9)5-8(6-7)12(10,11)4-2/h9H,3-6H2,1-2H3. The zero-order valence-corrected chi connectivity index (χ0v) is 8.26. The van der Waals surface area contributed by atoms with Crippen molar-refractivity contribution in [1.82, 2.24) is 4.31 Å². The highest BCUT2D eigenvalue weighted by molar-refractivity contribution is 7.89. The number of β-amino-alcohol motifs (C(OH)–C–C–N with tert-alkyl or cyclic N) is 1. The third kappa shape index (κ3) is 1.62. The Bertz CT molecular complexity index is 254. The average molecular weight is 193 g/mol. The number of nitrogens with zero attached hydrogens (tertiary/aromatic N) is 1. The van der Waals surface area contributed by atoms with E-state index in [0.29, 0.717) is 6.42 Å². The Hall–Kier alpha value is -0.130. The van der Waals surface area contributed by atoms with Crippen LogP contribution in [-0.4, -0.2) is 42.3 Å². The van der Waals surface area contributed by atoms with Crippen molar-refractivity contribution in [2.24, 2.45) is 0 Å². The summed E-state index contributed by atoms with van der Waals surface area (Å²) in [5.41, 5.74) is -0.762. The molecule has 0 saturated carbocycles. The fraction of sp³-hybridized carbons (Fsp3) is 1.00. The fourth-order valence-electron chi connectivity index (χ4n) is 1.21. The second kappa shape index (κ2) is 2.97. The molecule has 0 aliphatic carbocycles. The number of sulfonamides is 1. The fourth-order valence-corrected chi connectivity index (χ4v) is 2.45. The molecule has 0 aromatic carbocycles. The molecule has 0 spiro atoms. The SMILES string of the molecule is CCC1(O)CN(S(=O)(=O)CC)C1. The van der Waals surface area contributed by atoms with Crippen LogP contribution in [0.4, 0.5) is 0 Å². The Morgan fingerprint density at radius 2 is 1.92 bits per heavy atom. The summed E-state index contributed by atoms with van der Waals surface area (Å²) in [6.07, 6.45) is 0.614. The summed E-state index contributed by atoms with van der Waals surface area (Å²) in [7, 11) is -3.07. The Balaban J connectivity index is 2.56. The molecule has 0 atom stereocenters. The number of hydrogen-bond donors (Lipinski definition) is 1. The monoisotopic (exact) mass is 193 g/mol. The van der Waals surface area contributed by atoms with E-state index in [9.17, 15) is 13.5 Å². The van der Waals surface area contributed by atoms with Gasteiger partial charge < -0.3 is 5.11 Å². The van der Waals surface area contributed by atoms with E-state index in [1.165, 1.54) is 4.31 Å². The van der Waals surface area contributed by atoms with Crippen LogP contribution in [0.5, 0.6) is 0 Å². The van der Waals surface area contributed by atoms with Gasteiger partial charge in [-0.1, -0.05) is 6.92 Å². The maximum atomic E-state index is 11.2. The first-order valence-electron chi connectivity index (χ1n) is 4.14. The van der Waals surface area contributed by atoms with Gasteiger partial charge in [0.25, 0.3) is 0 Å². The molecule has 1 aliphatic heterocycles. The maximum absolute atomic E-state index is 11.2. The molecule has 0 amide bonds. The van der Waals surface area contributed by atoms with Crippen LogP contribution in [-0.2, 0) is 10.0 Å². The Labute approximate surface area is 73.2 Å². The summed E-state index contributed by atoms with van der Waals surface area (Å²) in [5.74, 6) is 0.118. The summed E-state index contributed by atoms with van der Waals surface area (Å²) in [6.45, 7) is 3.99. The second-order valence-corrected chi connectivity index (χ2v) is 5.50. The molecule has 1 rings (SSSR count). The minimum atomic E-state index is -3.07. The van der Waals surface area contributed by atoms with Gasteiger partial charge in [-0.15, -0.1) is 0 Å². The van der Waals surface area contributed by atoms with Crippen molar-refractivity contribution in [2.75, 3.05) is 18.8 Å². The lowest BCUT2D eigenvalue weighted by atomic mass is 9.94. The van der Waals surface area contributed by atoms with Crippen LogP contribution in [0.1, 0.15) is 20.3 Å². The zero-order chi connectivity index (χ0) is 9.41. The zero-order valence-electron chi connectivity index (χ0n) is 7.45. The van der Waals surface area contributed by atoms with Crippen molar-refractivity contribution >= 4 is 10.0 Å². The predicted octanol–water partition coefficient (Wildman–Crippen LogP) is -0.207. The van der Waals surface area contributed by atoms with Gasteiger partial charge in [0.1, 0.15) is 0 Å². The molecule has 0 aromatic rings. The molecule has 72 valence electrons. The molecule has 0 radical (unpaired) electrons. The van der Waals surface area contributed by atoms with Gasteiger partial charge in [-0.05, 0) is 13.3 Å². The summed E-state index contributed by atoms with van der Waals surface area (Å²) in [5, 5.41) is 9.54. The Morgan fingerprint density at radius 3 is 2.25 bits per heavy atom. The van der Waals surface area contributed by atoms with E-state index in [2.05, 4.69) is 0 Å². The molecular weight excluding hydrogens is 178 g/mol. The minimum Gasteiger partial charge on any atom is -0.387 e. The van der Waals surface area contributed by atoms with Crippen molar-refractivity contribution in [3.8, 4) is 0 Å². The van der Waals surface area contributed by atoms with Gasteiger partial charge >= 0.3 is 0 Å². The van der Waals surface area contributed by atoms with E-state index in [1.807, 2.05) is 6.92 Å². The van der Waals surface area contributed by atoms with Gasteiger partial charge in [-0.2, -0.15) is 4.31 Å². The Kier molecular flexibility index (Phi) is 2.47. The predicted molar refractivity (Wildman–Crippen MR) is 46.3 cm³/mol. The third-order valence-electron chi connectivity index (χ3n) is 2.36. The molecular formula is C7H15NO3S. The van der Waals surface area contributed by atoms with Crippen molar-refractivity contribution in [2.45, 2.75) is 25.9 Å². The van der Waals surface area contributed by atoms with Crippen LogP contribution >= 0.6 is 0 Å². The summed E-state index contributed by atoms with van der Waals surface area (Å²) in [6, 6.07) is 0. The number of aliphatic hydroxyl groups is 1. The quantitative estimate of drug-likeness (QED) is 0.675. The summed E-state index contributed by atoms with van der Waals surface area (Å²) in [4.78, 5) is 0. The van der Waals surface area contributed by atoms with Crippen LogP contribution in [0.15, 0.2) is 0 Å². The number of hydrogen-bond acceptors (Lipinski definition) is 3. The molecule has 1 aliphatic rings. The summed E-state index contributed by atoms with van der Waals surface area (Å²) < 4.78 is 23.7. The molecule has 0 aromatic heterocycles. The van der Waals surface area contributed by atoms with Gasteiger partial charge in [-0.25, -0.2) is 8.42 Å². The topological polar surface area (TPSA) is 57.6 Å². The molecule has 0 bridgehead atoms. The summed E-state index contributed by atoms with van der Waals surface area (Å²) >= 11 is 0. The first-order valence-corrected chi connectivity index (χ1v) is 5.74. The molecule has 1 heterocycles. The van der Waals surface area contributed by atoms with E-state index in [0.717, 1.165) is 0 Å². The van der Waals surface area contributed by atoms with Gasteiger partial charge in [0, 0.05) is 13.1 Å². The van der Waals surface area contributed by atoms with Gasteiger partial charge in [0.05, 0.1) is 11.4 Å². The Morgan fingerprint density at radius 1 is 1.42 bits per heavy atom. The largest absolute Gasteiger partial charge is 0.387 e. The van der Waals surface area contributed by atoms with E-state index in [4.69, 9.17) is 0 Å². The highest BCUT2D eigenvalue weighted by atomic mass is 32.2. The third-order valence-corrected chi connectivity index (χ3v) is 4.13. The van der Waals surface area contributed by atoms with E-state index in [-0.39, 0.29) is 18.8 Å². The molecule has 0 unspecified atom stereocenters. The van der Waals surface area contributed by atoms with Crippen LogP contribution in [0, 0.1) is 0 Å². The molecule has 1 N–H and O–H groups in total. The van der Waals surface area contributed by atoms with E-state index >= 15 is 0 Å². The smallest absolute Gasteiger partial charge is 0.214 e. The molecule has 5 heteroatoms. The van der Waals surface area contributed by atoms with Gasteiger partial charge in [0.2, 0.25) is 10.0 Å². The van der Waals surface area contributed by atoms with E-state index in [1.54, 1.807) is 6.92 Å². The average Bonchev–Trinajstić information content (AvgIpc) is 1.98. The first kappa shape index (κ1) is 9.95. The van der Waals surface area contributed by atoms with Crippen molar-refractivity contribution in [3.05, 3.63) is 0 Å². The normalized spacial score (nSPS) is 23.6. The lowest BCUT2D eigenvalue weighted by molar-refractivity contribution is -0.0612. The molecule has 4 nitrogen and oxygen atoms in total. The maximum Gasteiger partial charge on any atom is 0.214 e. The highest BCUT2D eigenvalue weighted by Crippen LogP contribution is 2.26. The number of rotatable bonds is 3. The second-order valence-electron chi connectivity index (χ2n) is 3.25. The van der Waals surface area contributed by atoms with Gasteiger partial charge in [-0.3, -0.25) is 0 Å². The highest BCUT2D eigenvalue weighted by Gasteiger charge is 2.44. The first-order chi connectivity index (χ1) is 5.43. The van der Waals surface area contributed by atoms with Crippen molar-refractivity contribution < 1.29 is 13.5 Å². The lowest BCUT2D eigenvalue weighted by Crippen LogP contribution is -2.63. The molecule has 1 fully saturated rings. The van der Waals surface area contributed by atoms with Crippen molar-refractivity contribution in [3.63, 3.8) is 0 Å². The van der Waals surface area contributed by atoms with Crippen LogP contribution in [0.2, 0.25) is 0 Å². The van der Waals surface area contributed by atoms with Crippen LogP contribution < -0.4 is 0 Å². The minimum absolute atomic E-state index is 0.118. The molecule has 12 heavy (non-hydrogen) atoms. The van der Waals surface area contributed by atoms with Crippen molar-refractivity contribution in [1.29, 1.82) is 0 Å². The van der Waals surface area contributed by atoms with Gasteiger partial charge in [0.15, 0.2) is 0 Å². The molecule has 1 saturated heterocycles.